The van der Waals surface area contributed by atoms with E-state index in [0.717, 1.165) is 22.3 Å². The number of hydroxylamine groups is 1. The van der Waals surface area contributed by atoms with E-state index >= 15 is 0 Å². The largest absolute Gasteiger partial charge is 0.504 e. The molecule has 4 rings (SSSR count). The summed E-state index contributed by atoms with van der Waals surface area (Å²) in [6.45, 7) is 1.01. The van der Waals surface area contributed by atoms with E-state index in [-0.39, 0.29) is 18.2 Å². The summed E-state index contributed by atoms with van der Waals surface area (Å²) in [6.07, 6.45) is 2.29. The van der Waals surface area contributed by atoms with Gasteiger partial charge in [-0.15, -0.1) is 0 Å². The van der Waals surface area contributed by atoms with Gasteiger partial charge in [-0.1, -0.05) is 52.3 Å². The third kappa shape index (κ3) is 7.19. The standard InChI is InChI=1S/C29H28BrN3O7/c1-39-26-10-8-20(15-25(26)34)23-9-7-21(14-24(23)30)28(36)33-13-12-22(17-33)40-29(37)31-16-19-4-2-18(3-5-19)6-11-27(35)32-38/h2-11,14-15,22,34,38H,12-13,16-17H2,1H3,(H,31,37)(H,32,35)/b11-6+/t22-/m0/s1. The van der Waals surface area contributed by atoms with Gasteiger partial charge in [0.2, 0.25) is 0 Å². The van der Waals surface area contributed by atoms with Crippen molar-refractivity contribution in [1.29, 1.82) is 0 Å². The fourth-order valence-corrected chi connectivity index (χ4v) is 4.86. The monoisotopic (exact) mass is 609 g/mol. The normalized spacial score (nSPS) is 14.7. The second-order valence-electron chi connectivity index (χ2n) is 9.05. The molecule has 0 aliphatic carbocycles. The Balaban J connectivity index is 1.27. The molecule has 3 aromatic rings. The van der Waals surface area contributed by atoms with Gasteiger partial charge in [0.15, 0.2) is 11.5 Å². The summed E-state index contributed by atoms with van der Waals surface area (Å²) in [6, 6.07) is 17.5. The molecule has 11 heteroatoms. The highest BCUT2D eigenvalue weighted by atomic mass is 79.9. The number of methoxy groups -OCH3 is 1. The average molecular weight is 610 g/mol. The number of aromatic hydroxyl groups is 1. The third-order valence-electron chi connectivity index (χ3n) is 6.37. The molecule has 1 heterocycles. The number of carbonyl (C=O) groups excluding carboxylic acids is 3. The summed E-state index contributed by atoms with van der Waals surface area (Å²) >= 11 is 3.53. The summed E-state index contributed by atoms with van der Waals surface area (Å²) < 4.78 is 11.3. The van der Waals surface area contributed by atoms with Crippen LogP contribution in [0.25, 0.3) is 17.2 Å². The molecular formula is C29H28BrN3O7. The number of carbonyl (C=O) groups is 3. The zero-order valence-corrected chi connectivity index (χ0v) is 23.2. The van der Waals surface area contributed by atoms with Gasteiger partial charge in [0.25, 0.3) is 11.8 Å². The SMILES string of the molecule is COc1ccc(-c2ccc(C(=O)N3CC[C@H](OC(=O)NCc4ccc(/C=C/C(=O)NO)cc4)C3)cc2Br)cc1O. The lowest BCUT2D eigenvalue weighted by molar-refractivity contribution is -0.124. The van der Waals surface area contributed by atoms with E-state index in [9.17, 15) is 19.5 Å². The lowest BCUT2D eigenvalue weighted by Crippen LogP contribution is -2.33. The third-order valence-corrected chi connectivity index (χ3v) is 7.02. The Morgan fingerprint density at radius 2 is 1.88 bits per heavy atom. The van der Waals surface area contributed by atoms with Crippen LogP contribution in [0, 0.1) is 0 Å². The Morgan fingerprint density at radius 1 is 1.10 bits per heavy atom. The second-order valence-corrected chi connectivity index (χ2v) is 9.91. The number of halogens is 1. The quantitative estimate of drug-likeness (QED) is 0.168. The molecule has 1 aliphatic rings. The molecule has 0 saturated carbocycles. The topological polar surface area (TPSA) is 137 Å². The zero-order valence-electron chi connectivity index (χ0n) is 21.6. The molecule has 0 bridgehead atoms. The first-order valence-electron chi connectivity index (χ1n) is 12.4. The highest BCUT2D eigenvalue weighted by molar-refractivity contribution is 9.10. The minimum Gasteiger partial charge on any atom is -0.504 e. The molecule has 3 amide bonds. The first-order valence-corrected chi connectivity index (χ1v) is 13.2. The molecule has 0 aromatic heterocycles. The van der Waals surface area contributed by atoms with Crippen LogP contribution in [-0.4, -0.2) is 59.4 Å². The first kappa shape index (κ1) is 28.7. The van der Waals surface area contributed by atoms with Crippen molar-refractivity contribution in [2.45, 2.75) is 19.1 Å². The van der Waals surface area contributed by atoms with Crippen LogP contribution in [0.1, 0.15) is 27.9 Å². The van der Waals surface area contributed by atoms with Gasteiger partial charge in [-0.25, -0.2) is 10.3 Å². The van der Waals surface area contributed by atoms with Crippen LogP contribution in [0.5, 0.6) is 11.5 Å². The first-order chi connectivity index (χ1) is 19.3. The molecule has 40 heavy (non-hydrogen) atoms. The van der Waals surface area contributed by atoms with Gasteiger partial charge >= 0.3 is 6.09 Å². The van der Waals surface area contributed by atoms with Crippen LogP contribution in [-0.2, 0) is 16.1 Å². The number of ether oxygens (including phenoxy) is 2. The highest BCUT2D eigenvalue weighted by Crippen LogP contribution is 2.35. The maximum absolute atomic E-state index is 13.1. The van der Waals surface area contributed by atoms with Crippen LogP contribution < -0.4 is 15.5 Å². The van der Waals surface area contributed by atoms with E-state index in [1.165, 1.54) is 18.7 Å². The number of hydrogen-bond donors (Lipinski definition) is 4. The number of phenolic OH excluding ortho intramolecular Hbond substituents is 1. The van der Waals surface area contributed by atoms with Crippen molar-refractivity contribution < 1.29 is 34.2 Å². The smallest absolute Gasteiger partial charge is 0.407 e. The van der Waals surface area contributed by atoms with Crippen LogP contribution in [0.15, 0.2) is 71.2 Å². The number of hydrogen-bond acceptors (Lipinski definition) is 7. The predicted molar refractivity (Wildman–Crippen MR) is 151 cm³/mol. The Bertz CT molecular complexity index is 1430. The minimum atomic E-state index is -0.627. The van der Waals surface area contributed by atoms with Crippen LogP contribution >= 0.6 is 15.9 Å². The maximum atomic E-state index is 13.1. The van der Waals surface area contributed by atoms with Gasteiger partial charge in [0, 0.05) is 35.6 Å². The fourth-order valence-electron chi connectivity index (χ4n) is 4.25. The maximum Gasteiger partial charge on any atom is 0.407 e. The Kier molecular flexibility index (Phi) is 9.41. The second kappa shape index (κ2) is 13.1. The van der Waals surface area contributed by atoms with Crippen LogP contribution in [0.2, 0.25) is 0 Å². The number of nitrogens with zero attached hydrogens (tertiary/aromatic N) is 1. The number of likely N-dealkylation sites (tertiary alicyclic amines) is 1. The zero-order chi connectivity index (χ0) is 28.6. The fraction of sp³-hybridized carbons (Fsp3) is 0.207. The van der Waals surface area contributed by atoms with Crippen molar-refractivity contribution in [3.8, 4) is 22.6 Å². The molecule has 0 spiro atoms. The van der Waals surface area contributed by atoms with Crippen molar-refractivity contribution >= 4 is 39.9 Å². The highest BCUT2D eigenvalue weighted by Gasteiger charge is 2.29. The summed E-state index contributed by atoms with van der Waals surface area (Å²) in [5.74, 6) is -0.391. The van der Waals surface area contributed by atoms with Gasteiger partial charge in [0.1, 0.15) is 6.10 Å². The van der Waals surface area contributed by atoms with Crippen molar-refractivity contribution in [2.24, 2.45) is 0 Å². The molecule has 4 N–H and O–H groups in total. The van der Waals surface area contributed by atoms with E-state index in [2.05, 4.69) is 21.2 Å². The van der Waals surface area contributed by atoms with E-state index in [4.69, 9.17) is 14.7 Å². The number of nitrogens with one attached hydrogen (secondary N) is 2. The number of alkyl carbamates (subject to hydrolysis) is 1. The van der Waals surface area contributed by atoms with E-state index in [1.54, 1.807) is 59.5 Å². The summed E-state index contributed by atoms with van der Waals surface area (Å²) in [5.41, 5.74) is 5.19. The molecule has 10 nitrogen and oxygen atoms in total. The van der Waals surface area contributed by atoms with E-state index in [1.807, 2.05) is 12.1 Å². The van der Waals surface area contributed by atoms with Crippen molar-refractivity contribution in [1.82, 2.24) is 15.7 Å². The molecule has 1 aliphatic heterocycles. The van der Waals surface area contributed by atoms with Gasteiger partial charge < -0.3 is 24.8 Å². The lowest BCUT2D eigenvalue weighted by Gasteiger charge is -2.18. The van der Waals surface area contributed by atoms with Gasteiger partial charge in [-0.05, 0) is 52.6 Å². The molecule has 0 unspecified atom stereocenters. The molecule has 3 aromatic carbocycles. The summed E-state index contributed by atoms with van der Waals surface area (Å²) in [7, 11) is 1.48. The van der Waals surface area contributed by atoms with Crippen molar-refractivity contribution in [3.05, 3.63) is 87.9 Å². The lowest BCUT2D eigenvalue weighted by atomic mass is 10.0. The molecular weight excluding hydrogens is 582 g/mol. The van der Waals surface area contributed by atoms with Gasteiger partial charge in [-0.2, -0.15) is 0 Å². The molecule has 1 fully saturated rings. The van der Waals surface area contributed by atoms with Crippen LogP contribution in [0.4, 0.5) is 4.79 Å². The van der Waals surface area contributed by atoms with Gasteiger partial charge in [0.05, 0.1) is 13.7 Å². The molecule has 208 valence electrons. The van der Waals surface area contributed by atoms with E-state index in [0.29, 0.717) is 35.3 Å². The summed E-state index contributed by atoms with van der Waals surface area (Å²) in [5, 5.41) is 21.3. The Morgan fingerprint density at radius 3 is 2.55 bits per heavy atom. The predicted octanol–water partition coefficient (Wildman–Crippen LogP) is 4.49. The number of amides is 3. The number of benzene rings is 3. The number of rotatable bonds is 8. The van der Waals surface area contributed by atoms with Crippen LogP contribution in [0.3, 0.4) is 0 Å². The van der Waals surface area contributed by atoms with E-state index < -0.39 is 18.1 Å². The molecule has 1 atom stereocenters. The summed E-state index contributed by atoms with van der Waals surface area (Å²) in [4.78, 5) is 38.2. The number of phenols is 1. The van der Waals surface area contributed by atoms with Gasteiger partial charge in [-0.3, -0.25) is 14.8 Å². The Labute approximate surface area is 239 Å². The average Bonchev–Trinajstić information content (AvgIpc) is 3.43. The Hall–Kier alpha value is -4.35. The molecule has 0 radical (unpaired) electrons. The minimum absolute atomic E-state index is 0.0246. The van der Waals surface area contributed by atoms with Crippen molar-refractivity contribution in [2.75, 3.05) is 20.2 Å². The molecule has 1 saturated heterocycles. The van der Waals surface area contributed by atoms with Crippen molar-refractivity contribution in [3.63, 3.8) is 0 Å².